The van der Waals surface area contributed by atoms with Crippen LogP contribution in [0.15, 0.2) is 60.8 Å². The monoisotopic (exact) mass is 409 g/mol. The Kier molecular flexibility index (Phi) is 4.82. The molecule has 5 rings (SSSR count). The number of ether oxygens (including phenoxy) is 2. The molecule has 0 amide bonds. The van der Waals surface area contributed by atoms with Crippen molar-refractivity contribution < 1.29 is 24.1 Å². The number of rotatable bonds is 4. The van der Waals surface area contributed by atoms with Gasteiger partial charge in [-0.2, -0.15) is 0 Å². The quantitative estimate of drug-likeness (QED) is 0.504. The third kappa shape index (κ3) is 3.28. The first-order valence-corrected chi connectivity index (χ1v) is 9.67. The summed E-state index contributed by atoms with van der Waals surface area (Å²) in [6.07, 6.45) is -4.05. The summed E-state index contributed by atoms with van der Waals surface area (Å²) in [5.74, 6) is 0.725. The summed E-state index contributed by atoms with van der Waals surface area (Å²) in [5, 5.41) is 32.1. The summed E-state index contributed by atoms with van der Waals surface area (Å²) in [7, 11) is 0. The molecule has 154 valence electrons. The Morgan fingerprint density at radius 2 is 1.77 bits per heavy atom. The van der Waals surface area contributed by atoms with Gasteiger partial charge in [-0.3, -0.25) is 0 Å². The molecule has 30 heavy (non-hydrogen) atoms. The first-order chi connectivity index (χ1) is 14.6. The van der Waals surface area contributed by atoms with Gasteiger partial charge in [0.1, 0.15) is 30.3 Å². The van der Waals surface area contributed by atoms with E-state index in [1.165, 1.54) is 4.68 Å². The van der Waals surface area contributed by atoms with Crippen LogP contribution in [0.4, 0.5) is 4.39 Å². The molecule has 1 unspecified atom stereocenters. The van der Waals surface area contributed by atoms with Crippen LogP contribution in [0, 0.1) is 0 Å². The standard InChI is InChI=1S/C22H20FN3O4/c23-18-12-30-22(21(28)20(18)27)26-10-14(24-25-26)11-29-19-9-13-5-1-2-6-15(13)16-7-3-4-8-17(16)19/h1-10,18,20-22,27-28H,11-12H2/t18-,20+,21-,22?/m1/s1. The lowest BCUT2D eigenvalue weighted by molar-refractivity contribution is -0.198. The number of alkyl halides is 1. The first-order valence-electron chi connectivity index (χ1n) is 9.67. The molecule has 1 fully saturated rings. The predicted octanol–water partition coefficient (Wildman–Crippen LogP) is 2.75. The maximum absolute atomic E-state index is 13.5. The van der Waals surface area contributed by atoms with E-state index in [9.17, 15) is 14.6 Å². The van der Waals surface area contributed by atoms with Crippen molar-refractivity contribution in [2.75, 3.05) is 6.61 Å². The topological polar surface area (TPSA) is 89.6 Å². The van der Waals surface area contributed by atoms with Gasteiger partial charge in [-0.15, -0.1) is 5.10 Å². The molecular weight excluding hydrogens is 389 g/mol. The van der Waals surface area contributed by atoms with Crippen molar-refractivity contribution in [1.82, 2.24) is 15.0 Å². The highest BCUT2D eigenvalue weighted by molar-refractivity contribution is 6.10. The van der Waals surface area contributed by atoms with Gasteiger partial charge in [0, 0.05) is 5.39 Å². The Bertz CT molecular complexity index is 1200. The van der Waals surface area contributed by atoms with Crippen LogP contribution in [0.3, 0.4) is 0 Å². The van der Waals surface area contributed by atoms with Crippen molar-refractivity contribution in [3.63, 3.8) is 0 Å². The summed E-state index contributed by atoms with van der Waals surface area (Å²) in [4.78, 5) is 0. The van der Waals surface area contributed by atoms with Crippen LogP contribution in [0.2, 0.25) is 0 Å². The second kappa shape index (κ2) is 7.64. The zero-order chi connectivity index (χ0) is 20.7. The van der Waals surface area contributed by atoms with Crippen LogP contribution in [0.25, 0.3) is 21.5 Å². The van der Waals surface area contributed by atoms with Crippen molar-refractivity contribution in [2.45, 2.75) is 31.2 Å². The summed E-state index contributed by atoms with van der Waals surface area (Å²) in [5.41, 5.74) is 0.514. The summed E-state index contributed by atoms with van der Waals surface area (Å²) in [6, 6.07) is 18.1. The van der Waals surface area contributed by atoms with Gasteiger partial charge >= 0.3 is 0 Å². The maximum Gasteiger partial charge on any atom is 0.180 e. The minimum absolute atomic E-state index is 0.152. The Morgan fingerprint density at radius 3 is 2.60 bits per heavy atom. The second-order valence-electron chi connectivity index (χ2n) is 7.34. The van der Waals surface area contributed by atoms with Crippen molar-refractivity contribution in [1.29, 1.82) is 0 Å². The Labute approximate surface area is 171 Å². The number of hydrogen-bond acceptors (Lipinski definition) is 6. The van der Waals surface area contributed by atoms with E-state index >= 15 is 0 Å². The molecule has 0 spiro atoms. The molecule has 0 aliphatic carbocycles. The Balaban J connectivity index is 1.39. The van der Waals surface area contributed by atoms with E-state index in [2.05, 4.69) is 22.4 Å². The van der Waals surface area contributed by atoms with E-state index in [0.29, 0.717) is 5.69 Å². The lowest BCUT2D eigenvalue weighted by atomic mass is 10.0. The van der Waals surface area contributed by atoms with Crippen LogP contribution in [0.5, 0.6) is 5.75 Å². The molecule has 4 aromatic rings. The molecule has 4 atom stereocenters. The highest BCUT2D eigenvalue weighted by Crippen LogP contribution is 2.33. The van der Waals surface area contributed by atoms with Gasteiger partial charge in [0.2, 0.25) is 0 Å². The Hall–Kier alpha value is -3.07. The fraction of sp³-hybridized carbons (Fsp3) is 0.273. The molecule has 2 heterocycles. The van der Waals surface area contributed by atoms with E-state index in [1.807, 2.05) is 42.5 Å². The summed E-state index contributed by atoms with van der Waals surface area (Å²) < 4.78 is 26.1. The van der Waals surface area contributed by atoms with E-state index in [-0.39, 0.29) is 13.2 Å². The molecule has 1 aliphatic rings. The van der Waals surface area contributed by atoms with Crippen LogP contribution >= 0.6 is 0 Å². The van der Waals surface area contributed by atoms with E-state index in [4.69, 9.17) is 9.47 Å². The number of fused-ring (bicyclic) bond motifs is 3. The average Bonchev–Trinajstić information content (AvgIpc) is 3.24. The van der Waals surface area contributed by atoms with E-state index in [0.717, 1.165) is 27.3 Å². The van der Waals surface area contributed by atoms with Gasteiger partial charge in [0.05, 0.1) is 12.8 Å². The largest absolute Gasteiger partial charge is 0.486 e. The highest BCUT2D eigenvalue weighted by atomic mass is 19.1. The predicted molar refractivity (Wildman–Crippen MR) is 108 cm³/mol. The first kappa shape index (κ1) is 18.9. The maximum atomic E-state index is 13.5. The fourth-order valence-corrected chi connectivity index (χ4v) is 3.80. The smallest absolute Gasteiger partial charge is 0.180 e. The number of nitrogens with zero attached hydrogens (tertiary/aromatic N) is 3. The van der Waals surface area contributed by atoms with Crippen LogP contribution in [-0.4, -0.2) is 50.2 Å². The number of halogens is 1. The van der Waals surface area contributed by atoms with Gasteiger partial charge in [-0.05, 0) is 22.2 Å². The van der Waals surface area contributed by atoms with Crippen molar-refractivity contribution in [2.24, 2.45) is 0 Å². The molecule has 1 aromatic heterocycles. The normalized spacial score (nSPS) is 24.4. The molecule has 1 aliphatic heterocycles. The van der Waals surface area contributed by atoms with Crippen molar-refractivity contribution in [3.8, 4) is 5.75 Å². The average molecular weight is 409 g/mol. The number of hydrogen-bond donors (Lipinski definition) is 2. The second-order valence-corrected chi connectivity index (χ2v) is 7.34. The number of aliphatic hydroxyl groups is 2. The van der Waals surface area contributed by atoms with Crippen molar-refractivity contribution in [3.05, 3.63) is 66.5 Å². The molecule has 2 N–H and O–H groups in total. The van der Waals surface area contributed by atoms with Crippen LogP contribution in [-0.2, 0) is 11.3 Å². The Morgan fingerprint density at radius 1 is 1.03 bits per heavy atom. The number of benzene rings is 3. The zero-order valence-electron chi connectivity index (χ0n) is 15.9. The molecule has 0 bridgehead atoms. The highest BCUT2D eigenvalue weighted by Gasteiger charge is 2.40. The van der Waals surface area contributed by atoms with Gasteiger partial charge in [0.25, 0.3) is 0 Å². The fourth-order valence-electron chi connectivity index (χ4n) is 3.80. The molecule has 8 heteroatoms. The third-order valence-electron chi connectivity index (χ3n) is 5.36. The van der Waals surface area contributed by atoms with Gasteiger partial charge in [-0.1, -0.05) is 53.7 Å². The molecule has 3 aromatic carbocycles. The van der Waals surface area contributed by atoms with Gasteiger partial charge in [0.15, 0.2) is 12.4 Å². The summed E-state index contributed by atoms with van der Waals surface area (Å²) in [6.45, 7) is -0.170. The van der Waals surface area contributed by atoms with E-state index in [1.54, 1.807) is 6.20 Å². The summed E-state index contributed by atoms with van der Waals surface area (Å²) >= 11 is 0. The molecular formula is C22H20FN3O4. The number of aliphatic hydroxyl groups excluding tert-OH is 2. The van der Waals surface area contributed by atoms with E-state index < -0.39 is 24.6 Å². The zero-order valence-corrected chi connectivity index (χ0v) is 15.9. The van der Waals surface area contributed by atoms with Gasteiger partial charge < -0.3 is 19.7 Å². The number of aromatic nitrogens is 3. The lowest BCUT2D eigenvalue weighted by Gasteiger charge is -2.33. The molecule has 1 saturated heterocycles. The SMILES string of the molecule is O[C@H]1[C@H](F)COC(n2cc(COc3cc4ccccc4c4ccccc34)nn2)[C@@H]1O. The minimum atomic E-state index is -1.64. The third-order valence-corrected chi connectivity index (χ3v) is 5.36. The minimum Gasteiger partial charge on any atom is -0.486 e. The van der Waals surface area contributed by atoms with Crippen LogP contribution in [0.1, 0.15) is 11.9 Å². The van der Waals surface area contributed by atoms with Crippen molar-refractivity contribution >= 4 is 21.5 Å². The van der Waals surface area contributed by atoms with Gasteiger partial charge in [-0.25, -0.2) is 9.07 Å². The molecule has 7 nitrogen and oxygen atoms in total. The molecule has 0 saturated carbocycles. The lowest BCUT2D eigenvalue weighted by Crippen LogP contribution is -2.49. The molecule has 0 radical (unpaired) electrons. The van der Waals surface area contributed by atoms with Crippen LogP contribution < -0.4 is 4.74 Å².